The van der Waals surface area contributed by atoms with Gasteiger partial charge < -0.3 is 15.7 Å². The summed E-state index contributed by atoms with van der Waals surface area (Å²) in [6, 6.07) is 16.1. The van der Waals surface area contributed by atoms with Crippen LogP contribution in [0.2, 0.25) is 0 Å². The number of fused-ring (bicyclic) bond motifs is 2. The van der Waals surface area contributed by atoms with Crippen LogP contribution < -0.4 is 10.6 Å². The average molecular weight is 309 g/mol. The molecule has 0 spiro atoms. The molecule has 0 fully saturated rings. The van der Waals surface area contributed by atoms with Crippen LogP contribution in [0.25, 0.3) is 21.8 Å². The molecule has 0 aliphatic heterocycles. The molecule has 0 unspecified atom stereocenters. The van der Waals surface area contributed by atoms with Gasteiger partial charge in [-0.25, -0.2) is 4.98 Å². The maximum absolute atomic E-state index is 10.5. The minimum Gasteiger partial charge on any atom is -0.481 e. The summed E-state index contributed by atoms with van der Waals surface area (Å²) in [6.45, 7) is 1.91. The van der Waals surface area contributed by atoms with Crippen molar-refractivity contribution in [3.05, 3.63) is 48.5 Å². The summed E-state index contributed by atoms with van der Waals surface area (Å²) in [4.78, 5) is 15.2. The van der Waals surface area contributed by atoms with Gasteiger partial charge in [-0.15, -0.1) is 0 Å². The van der Waals surface area contributed by atoms with Crippen LogP contribution in [0.5, 0.6) is 0 Å². The van der Waals surface area contributed by atoms with Crippen molar-refractivity contribution in [2.24, 2.45) is 0 Å². The van der Waals surface area contributed by atoms with Gasteiger partial charge in [0.2, 0.25) is 0 Å². The van der Waals surface area contributed by atoms with Crippen molar-refractivity contribution in [1.29, 1.82) is 0 Å². The number of nitrogens with zero attached hydrogens (tertiary/aromatic N) is 1. The first kappa shape index (κ1) is 15.2. The lowest BCUT2D eigenvalue weighted by Gasteiger charge is -2.13. The van der Waals surface area contributed by atoms with Crippen LogP contribution in [-0.4, -0.2) is 35.7 Å². The Labute approximate surface area is 134 Å². The van der Waals surface area contributed by atoms with Gasteiger partial charge in [-0.05, 0) is 12.1 Å². The monoisotopic (exact) mass is 309 g/mol. The number of pyridine rings is 1. The Hall–Kier alpha value is -2.66. The third kappa shape index (κ3) is 3.57. The molecule has 0 aliphatic rings. The summed E-state index contributed by atoms with van der Waals surface area (Å²) >= 11 is 0. The third-order valence-electron chi connectivity index (χ3n) is 3.71. The zero-order valence-corrected chi connectivity index (χ0v) is 12.7. The van der Waals surface area contributed by atoms with Gasteiger partial charge in [0.15, 0.2) is 0 Å². The second kappa shape index (κ2) is 7.07. The highest BCUT2D eigenvalue weighted by Gasteiger charge is 2.07. The van der Waals surface area contributed by atoms with E-state index in [1.807, 2.05) is 36.4 Å². The molecular weight excluding hydrogens is 290 g/mol. The number of benzene rings is 2. The molecule has 0 radical (unpaired) electrons. The van der Waals surface area contributed by atoms with Gasteiger partial charge in [-0.1, -0.05) is 36.4 Å². The van der Waals surface area contributed by atoms with E-state index in [2.05, 4.69) is 22.8 Å². The van der Waals surface area contributed by atoms with Gasteiger partial charge in [0, 0.05) is 30.4 Å². The van der Waals surface area contributed by atoms with Gasteiger partial charge in [0.05, 0.1) is 23.1 Å². The second-order valence-electron chi connectivity index (χ2n) is 5.34. The first-order chi connectivity index (χ1) is 11.3. The van der Waals surface area contributed by atoms with Crippen LogP contribution in [0.4, 0.5) is 5.69 Å². The van der Waals surface area contributed by atoms with E-state index in [1.54, 1.807) is 0 Å². The summed E-state index contributed by atoms with van der Waals surface area (Å²) in [5.41, 5.74) is 3.01. The van der Waals surface area contributed by atoms with E-state index in [-0.39, 0.29) is 6.42 Å². The molecule has 23 heavy (non-hydrogen) atoms. The van der Waals surface area contributed by atoms with Crippen LogP contribution in [0.15, 0.2) is 48.5 Å². The third-order valence-corrected chi connectivity index (χ3v) is 3.71. The number of carboxylic acid groups (broad SMARTS) is 1. The molecule has 5 nitrogen and oxygen atoms in total. The number of nitrogens with one attached hydrogen (secondary N) is 2. The van der Waals surface area contributed by atoms with E-state index < -0.39 is 5.97 Å². The van der Waals surface area contributed by atoms with Gasteiger partial charge >= 0.3 is 5.97 Å². The van der Waals surface area contributed by atoms with Gasteiger partial charge in [-0.2, -0.15) is 0 Å². The molecule has 0 bridgehead atoms. The predicted molar refractivity (Wildman–Crippen MR) is 92.9 cm³/mol. The van der Waals surface area contributed by atoms with Crippen LogP contribution in [0.1, 0.15) is 6.42 Å². The Morgan fingerprint density at radius 1 is 0.913 bits per heavy atom. The minimum atomic E-state index is -0.781. The lowest BCUT2D eigenvalue weighted by atomic mass is 10.1. The summed E-state index contributed by atoms with van der Waals surface area (Å²) in [7, 11) is 0. The molecule has 1 heterocycles. The van der Waals surface area contributed by atoms with Gasteiger partial charge in [0.1, 0.15) is 0 Å². The summed E-state index contributed by atoms with van der Waals surface area (Å²) in [5, 5.41) is 17.4. The molecule has 5 heteroatoms. The molecule has 0 amide bonds. The van der Waals surface area contributed by atoms with Gasteiger partial charge in [-0.3, -0.25) is 4.79 Å². The SMILES string of the molecule is O=C(O)CCNCCNc1c2ccccc2nc2ccccc12. The Morgan fingerprint density at radius 3 is 2.13 bits per heavy atom. The molecule has 0 saturated heterocycles. The molecule has 3 rings (SSSR count). The Balaban J connectivity index is 1.79. The van der Waals surface area contributed by atoms with E-state index in [9.17, 15) is 4.79 Å². The number of hydrogen-bond acceptors (Lipinski definition) is 4. The van der Waals surface area contributed by atoms with Crippen molar-refractivity contribution >= 4 is 33.5 Å². The van der Waals surface area contributed by atoms with E-state index >= 15 is 0 Å². The van der Waals surface area contributed by atoms with E-state index in [1.165, 1.54) is 0 Å². The highest BCUT2D eigenvalue weighted by molar-refractivity contribution is 6.07. The number of aliphatic carboxylic acids is 1. The zero-order valence-electron chi connectivity index (χ0n) is 12.7. The number of anilines is 1. The van der Waals surface area contributed by atoms with Crippen molar-refractivity contribution in [3.63, 3.8) is 0 Å². The van der Waals surface area contributed by atoms with Crippen LogP contribution in [0, 0.1) is 0 Å². The molecule has 1 aromatic heterocycles. The van der Waals surface area contributed by atoms with Crippen LogP contribution in [-0.2, 0) is 4.79 Å². The number of hydrogen-bond donors (Lipinski definition) is 3. The number of aromatic nitrogens is 1. The molecule has 3 aromatic rings. The standard InChI is InChI=1S/C18H19N3O2/c22-17(23)9-10-19-11-12-20-18-13-5-1-3-7-15(13)21-16-8-4-2-6-14(16)18/h1-8,19H,9-12H2,(H,20,21)(H,22,23). The first-order valence-corrected chi connectivity index (χ1v) is 7.69. The predicted octanol–water partition coefficient (Wildman–Crippen LogP) is 2.86. The molecule has 3 N–H and O–H groups in total. The fourth-order valence-corrected chi connectivity index (χ4v) is 2.63. The molecule has 118 valence electrons. The lowest BCUT2D eigenvalue weighted by molar-refractivity contribution is -0.136. The normalized spacial score (nSPS) is 11.0. The number of para-hydroxylation sites is 2. The smallest absolute Gasteiger partial charge is 0.304 e. The average Bonchev–Trinajstić information content (AvgIpc) is 2.56. The Bertz CT molecular complexity index is 779. The lowest BCUT2D eigenvalue weighted by Crippen LogP contribution is -2.24. The van der Waals surface area contributed by atoms with E-state index in [4.69, 9.17) is 10.1 Å². The topological polar surface area (TPSA) is 74.2 Å². The largest absolute Gasteiger partial charge is 0.481 e. The molecule has 0 atom stereocenters. The van der Waals surface area contributed by atoms with E-state index in [0.717, 1.165) is 34.0 Å². The quantitative estimate of drug-likeness (QED) is 0.462. The fraction of sp³-hybridized carbons (Fsp3) is 0.222. The molecule has 0 aliphatic carbocycles. The van der Waals surface area contributed by atoms with Crippen LogP contribution in [0.3, 0.4) is 0 Å². The van der Waals surface area contributed by atoms with Crippen LogP contribution >= 0.6 is 0 Å². The number of carbonyl (C=O) groups is 1. The number of rotatable bonds is 7. The van der Waals surface area contributed by atoms with Crippen molar-refractivity contribution in [1.82, 2.24) is 10.3 Å². The molecule has 2 aromatic carbocycles. The fourth-order valence-electron chi connectivity index (χ4n) is 2.63. The highest BCUT2D eigenvalue weighted by atomic mass is 16.4. The first-order valence-electron chi connectivity index (χ1n) is 7.69. The maximum atomic E-state index is 10.5. The van der Waals surface area contributed by atoms with E-state index in [0.29, 0.717) is 13.1 Å². The van der Waals surface area contributed by atoms with Crippen molar-refractivity contribution in [2.45, 2.75) is 6.42 Å². The van der Waals surface area contributed by atoms with Crippen molar-refractivity contribution < 1.29 is 9.90 Å². The number of carboxylic acids is 1. The Morgan fingerprint density at radius 2 is 1.52 bits per heavy atom. The zero-order chi connectivity index (χ0) is 16.1. The van der Waals surface area contributed by atoms with Crippen molar-refractivity contribution in [2.75, 3.05) is 25.0 Å². The summed E-state index contributed by atoms with van der Waals surface area (Å²) < 4.78 is 0. The molecular formula is C18H19N3O2. The summed E-state index contributed by atoms with van der Waals surface area (Å²) in [5.74, 6) is -0.781. The minimum absolute atomic E-state index is 0.140. The maximum Gasteiger partial charge on any atom is 0.304 e. The van der Waals surface area contributed by atoms with Gasteiger partial charge in [0.25, 0.3) is 0 Å². The summed E-state index contributed by atoms with van der Waals surface area (Å²) in [6.07, 6.45) is 0.140. The Kier molecular flexibility index (Phi) is 4.68. The molecule has 0 saturated carbocycles. The van der Waals surface area contributed by atoms with Crippen molar-refractivity contribution in [3.8, 4) is 0 Å². The highest BCUT2D eigenvalue weighted by Crippen LogP contribution is 2.30. The second-order valence-corrected chi connectivity index (χ2v) is 5.34.